The largest absolute Gasteiger partial charge is 0.419 e. The van der Waals surface area contributed by atoms with Gasteiger partial charge in [0.05, 0.1) is 21.7 Å². The van der Waals surface area contributed by atoms with Gasteiger partial charge in [-0.15, -0.1) is 0 Å². The number of primary amides is 1. The first-order chi connectivity index (χ1) is 16.4. The van der Waals surface area contributed by atoms with Crippen molar-refractivity contribution in [1.82, 2.24) is 4.90 Å². The number of hydrogen-bond acceptors (Lipinski definition) is 3. The van der Waals surface area contributed by atoms with Crippen LogP contribution < -0.4 is 10.6 Å². The number of nitrogens with zero attached hydrogens (tertiary/aromatic N) is 2. The zero-order chi connectivity index (χ0) is 25.9. The zero-order valence-electron chi connectivity index (χ0n) is 18.9. The number of likely N-dealkylation sites (N-methyl/N-ethyl adjacent to an activating group) is 1. The van der Waals surface area contributed by atoms with Crippen molar-refractivity contribution in [3.05, 3.63) is 63.4 Å². The first-order valence-electron chi connectivity index (χ1n) is 11.0. The molecular formula is C24H25Cl2F4N3O2. The van der Waals surface area contributed by atoms with Crippen molar-refractivity contribution >= 4 is 40.7 Å². The van der Waals surface area contributed by atoms with Gasteiger partial charge < -0.3 is 15.5 Å². The number of hydrogen-bond donors (Lipinski definition) is 1. The topological polar surface area (TPSA) is 66.6 Å². The molecule has 0 saturated carbocycles. The summed E-state index contributed by atoms with van der Waals surface area (Å²) in [4.78, 5) is 27.1. The van der Waals surface area contributed by atoms with Crippen LogP contribution in [0.4, 0.5) is 23.2 Å². The quantitative estimate of drug-likeness (QED) is 0.353. The summed E-state index contributed by atoms with van der Waals surface area (Å²) in [5.41, 5.74) is 4.85. The normalized spacial score (nSPS) is 18.1. The van der Waals surface area contributed by atoms with E-state index in [0.717, 1.165) is 11.6 Å². The third kappa shape index (κ3) is 6.58. The van der Waals surface area contributed by atoms with Crippen molar-refractivity contribution in [2.45, 2.75) is 43.8 Å². The Morgan fingerprint density at radius 1 is 1.06 bits per heavy atom. The summed E-state index contributed by atoms with van der Waals surface area (Å²) >= 11 is 12.3. The number of nitrogens with two attached hydrogens (primary N) is 1. The Balaban J connectivity index is 1.85. The van der Waals surface area contributed by atoms with E-state index >= 15 is 0 Å². The molecule has 1 heterocycles. The molecule has 0 unspecified atom stereocenters. The van der Waals surface area contributed by atoms with Crippen LogP contribution in [-0.2, 0) is 15.8 Å². The Morgan fingerprint density at radius 2 is 1.74 bits per heavy atom. The molecule has 0 aromatic heterocycles. The standard InChI is InChI=1S/C24H25Cl2F4N3O2/c1-32(15-7-8-17(20(27)11-15)24(28,29)30)21-13-33(23(35)5-3-2-4-22(31)34)12-16(21)14-6-9-18(25)19(26)10-14/h6-11,16,21H,2-5,12-13H2,1H3,(H2,31,34)/t16-,21-/m1/s1. The van der Waals surface area contributed by atoms with E-state index < -0.39 is 23.5 Å². The van der Waals surface area contributed by atoms with E-state index in [0.29, 0.717) is 35.5 Å². The van der Waals surface area contributed by atoms with Gasteiger partial charge in [-0.05, 0) is 48.7 Å². The summed E-state index contributed by atoms with van der Waals surface area (Å²) < 4.78 is 53.3. The molecule has 1 aliphatic rings. The van der Waals surface area contributed by atoms with Crippen molar-refractivity contribution in [3.63, 3.8) is 0 Å². The highest BCUT2D eigenvalue weighted by Crippen LogP contribution is 2.38. The minimum Gasteiger partial charge on any atom is -0.370 e. The maximum Gasteiger partial charge on any atom is 0.419 e. The van der Waals surface area contributed by atoms with Crippen molar-refractivity contribution < 1.29 is 27.2 Å². The maximum absolute atomic E-state index is 14.3. The highest BCUT2D eigenvalue weighted by Gasteiger charge is 2.39. The molecule has 2 amide bonds. The van der Waals surface area contributed by atoms with Crippen LogP contribution in [0.5, 0.6) is 0 Å². The first kappa shape index (κ1) is 27.1. The number of likely N-dealkylation sites (tertiary alicyclic amines) is 1. The molecule has 3 rings (SSSR count). The van der Waals surface area contributed by atoms with Crippen LogP contribution in [0, 0.1) is 5.82 Å². The van der Waals surface area contributed by atoms with E-state index in [1.165, 1.54) is 6.07 Å². The Morgan fingerprint density at radius 3 is 2.34 bits per heavy atom. The lowest BCUT2D eigenvalue weighted by Crippen LogP contribution is -2.38. The molecule has 2 atom stereocenters. The molecule has 190 valence electrons. The van der Waals surface area contributed by atoms with E-state index in [1.807, 2.05) is 0 Å². The van der Waals surface area contributed by atoms with Gasteiger partial charge in [0, 0.05) is 44.6 Å². The number of rotatable bonds is 8. The molecule has 0 bridgehead atoms. The Labute approximate surface area is 210 Å². The van der Waals surface area contributed by atoms with Gasteiger partial charge in [-0.1, -0.05) is 29.3 Å². The summed E-state index contributed by atoms with van der Waals surface area (Å²) in [6, 6.07) is 7.54. The second kappa shape index (κ2) is 11.0. The second-order valence-electron chi connectivity index (χ2n) is 8.59. The molecule has 35 heavy (non-hydrogen) atoms. The fourth-order valence-corrected chi connectivity index (χ4v) is 4.64. The smallest absolute Gasteiger partial charge is 0.370 e. The first-order valence-corrected chi connectivity index (χ1v) is 11.7. The van der Waals surface area contributed by atoms with E-state index in [1.54, 1.807) is 35.0 Å². The van der Waals surface area contributed by atoms with Crippen LogP contribution in [0.3, 0.4) is 0 Å². The monoisotopic (exact) mass is 533 g/mol. The lowest BCUT2D eigenvalue weighted by atomic mass is 9.93. The third-order valence-corrected chi connectivity index (χ3v) is 6.98. The molecule has 5 nitrogen and oxygen atoms in total. The average Bonchev–Trinajstić information content (AvgIpc) is 3.22. The summed E-state index contributed by atoms with van der Waals surface area (Å²) in [5, 5.41) is 0.702. The average molecular weight is 534 g/mol. The zero-order valence-corrected chi connectivity index (χ0v) is 20.4. The molecular weight excluding hydrogens is 509 g/mol. The molecule has 0 spiro atoms. The Hall–Kier alpha value is -2.52. The lowest BCUT2D eigenvalue weighted by Gasteiger charge is -2.31. The summed E-state index contributed by atoms with van der Waals surface area (Å²) in [6.07, 6.45) is -3.37. The molecule has 1 aliphatic heterocycles. The molecule has 2 N–H and O–H groups in total. The maximum atomic E-state index is 14.3. The van der Waals surface area contributed by atoms with Crippen LogP contribution in [0.2, 0.25) is 10.0 Å². The molecule has 0 radical (unpaired) electrons. The van der Waals surface area contributed by atoms with Gasteiger partial charge in [0.1, 0.15) is 5.82 Å². The summed E-state index contributed by atoms with van der Waals surface area (Å²) in [6.45, 7) is 0.615. The van der Waals surface area contributed by atoms with E-state index in [-0.39, 0.29) is 42.9 Å². The van der Waals surface area contributed by atoms with E-state index in [4.69, 9.17) is 28.9 Å². The van der Waals surface area contributed by atoms with Crippen LogP contribution in [0.15, 0.2) is 36.4 Å². The summed E-state index contributed by atoms with van der Waals surface area (Å²) in [7, 11) is 1.65. The van der Waals surface area contributed by atoms with Gasteiger partial charge in [0.25, 0.3) is 0 Å². The van der Waals surface area contributed by atoms with Crippen molar-refractivity contribution in [2.24, 2.45) is 5.73 Å². The van der Waals surface area contributed by atoms with Crippen molar-refractivity contribution in [3.8, 4) is 0 Å². The minimum absolute atomic E-state index is 0.117. The highest BCUT2D eigenvalue weighted by atomic mass is 35.5. The number of benzene rings is 2. The van der Waals surface area contributed by atoms with E-state index in [9.17, 15) is 27.2 Å². The fourth-order valence-electron chi connectivity index (χ4n) is 4.33. The number of halogens is 6. The SMILES string of the molecule is CN(c1ccc(C(F)(F)F)c(F)c1)[C@@H]1CN(C(=O)CCCCC(N)=O)C[C@@H]1c1ccc(Cl)c(Cl)c1. The Kier molecular flexibility index (Phi) is 8.54. The third-order valence-electron chi connectivity index (χ3n) is 6.24. The molecule has 1 fully saturated rings. The highest BCUT2D eigenvalue weighted by molar-refractivity contribution is 6.42. The van der Waals surface area contributed by atoms with Crippen LogP contribution in [-0.4, -0.2) is 42.9 Å². The number of carbonyl (C=O) groups is 2. The molecule has 1 saturated heterocycles. The second-order valence-corrected chi connectivity index (χ2v) is 9.41. The van der Waals surface area contributed by atoms with Gasteiger partial charge in [0.2, 0.25) is 11.8 Å². The van der Waals surface area contributed by atoms with E-state index in [2.05, 4.69) is 0 Å². The molecule has 0 aliphatic carbocycles. The molecule has 2 aromatic rings. The number of amides is 2. The van der Waals surface area contributed by atoms with Gasteiger partial charge in [-0.3, -0.25) is 9.59 Å². The van der Waals surface area contributed by atoms with Gasteiger partial charge in [0.15, 0.2) is 0 Å². The number of unbranched alkanes of at least 4 members (excludes halogenated alkanes) is 1. The summed E-state index contributed by atoms with van der Waals surface area (Å²) in [5.74, 6) is -2.17. The van der Waals surface area contributed by atoms with Gasteiger partial charge in [-0.25, -0.2) is 4.39 Å². The van der Waals surface area contributed by atoms with Gasteiger partial charge in [-0.2, -0.15) is 13.2 Å². The van der Waals surface area contributed by atoms with Crippen molar-refractivity contribution in [1.29, 1.82) is 0 Å². The predicted molar refractivity (Wildman–Crippen MR) is 127 cm³/mol. The molecule has 2 aromatic carbocycles. The molecule has 11 heteroatoms. The van der Waals surface area contributed by atoms with Crippen LogP contribution in [0.25, 0.3) is 0 Å². The number of alkyl halides is 3. The number of carbonyl (C=O) groups excluding carboxylic acids is 2. The lowest BCUT2D eigenvalue weighted by molar-refractivity contribution is -0.140. The fraction of sp³-hybridized carbons (Fsp3) is 0.417. The van der Waals surface area contributed by atoms with Crippen LogP contribution in [0.1, 0.15) is 42.7 Å². The number of anilines is 1. The van der Waals surface area contributed by atoms with Gasteiger partial charge >= 0.3 is 6.18 Å². The van der Waals surface area contributed by atoms with Crippen molar-refractivity contribution in [2.75, 3.05) is 25.0 Å². The minimum atomic E-state index is -4.80. The predicted octanol–water partition coefficient (Wildman–Crippen LogP) is 5.63. The Bertz CT molecular complexity index is 1100. The van der Waals surface area contributed by atoms with Crippen LogP contribution >= 0.6 is 23.2 Å².